The molecule has 1 aromatic heterocycles. The number of carbonyl (C=O) groups is 1. The van der Waals surface area contributed by atoms with Gasteiger partial charge in [-0.1, -0.05) is 11.6 Å². The lowest BCUT2D eigenvalue weighted by molar-refractivity contribution is 0.102. The fourth-order valence-electron chi connectivity index (χ4n) is 1.63. The summed E-state index contributed by atoms with van der Waals surface area (Å²) >= 11 is 5.89. The maximum Gasteiger partial charge on any atom is 0.347 e. The van der Waals surface area contributed by atoms with Crippen molar-refractivity contribution < 1.29 is 9.53 Å². The first-order valence-electron chi connectivity index (χ1n) is 5.72. The summed E-state index contributed by atoms with van der Waals surface area (Å²) in [7, 11) is 1.46. The second kappa shape index (κ2) is 5.75. The zero-order valence-electron chi connectivity index (χ0n) is 10.9. The van der Waals surface area contributed by atoms with Crippen molar-refractivity contribution >= 4 is 23.3 Å². The molecule has 0 saturated carbocycles. The highest BCUT2D eigenvalue weighted by Gasteiger charge is 2.10. The smallest absolute Gasteiger partial charge is 0.347 e. The van der Waals surface area contributed by atoms with Crippen LogP contribution in [0.15, 0.2) is 29.1 Å². The van der Waals surface area contributed by atoms with Gasteiger partial charge in [0.2, 0.25) is 0 Å². The van der Waals surface area contributed by atoms with E-state index in [0.717, 1.165) is 0 Å². The van der Waals surface area contributed by atoms with Crippen molar-refractivity contribution in [1.29, 1.82) is 0 Å². The number of anilines is 1. The molecule has 0 bridgehead atoms. The Morgan fingerprint density at radius 1 is 1.40 bits per heavy atom. The molecule has 7 heteroatoms. The van der Waals surface area contributed by atoms with Crippen molar-refractivity contribution in [2.45, 2.75) is 6.92 Å². The normalized spacial score (nSPS) is 10.2. The number of nitrogens with one attached hydrogen (secondary N) is 2. The Kier molecular flexibility index (Phi) is 4.05. The standard InChI is InChI=1S/C13H12ClN3O3/c1-7-5-11(17-13(19)15-7)16-12(18)8-3-4-9(14)10(6-8)20-2/h3-6H,1-2H3,(H2,15,16,17,18,19). The molecule has 1 aromatic carbocycles. The van der Waals surface area contributed by atoms with Crippen molar-refractivity contribution in [2.24, 2.45) is 0 Å². The van der Waals surface area contributed by atoms with Crippen molar-refractivity contribution in [2.75, 3.05) is 12.4 Å². The maximum atomic E-state index is 12.1. The summed E-state index contributed by atoms with van der Waals surface area (Å²) in [5.41, 5.74) is 0.439. The number of aromatic amines is 1. The van der Waals surface area contributed by atoms with Gasteiger partial charge >= 0.3 is 5.69 Å². The zero-order valence-corrected chi connectivity index (χ0v) is 11.6. The summed E-state index contributed by atoms with van der Waals surface area (Å²) in [4.78, 5) is 29.4. The van der Waals surface area contributed by atoms with Crippen LogP contribution in [0, 0.1) is 6.92 Å². The Bertz CT molecular complexity index is 712. The summed E-state index contributed by atoms with van der Waals surface area (Å²) in [6, 6.07) is 6.19. The van der Waals surface area contributed by atoms with E-state index in [0.29, 0.717) is 22.0 Å². The number of amides is 1. The van der Waals surface area contributed by atoms with Crippen molar-refractivity contribution in [3.63, 3.8) is 0 Å². The molecule has 0 aliphatic heterocycles. The molecule has 0 aliphatic rings. The molecule has 0 spiro atoms. The minimum absolute atomic E-state index is 0.185. The fourth-order valence-corrected chi connectivity index (χ4v) is 1.83. The average molecular weight is 294 g/mol. The van der Waals surface area contributed by atoms with E-state index in [1.165, 1.54) is 13.2 Å². The van der Waals surface area contributed by atoms with Crippen LogP contribution >= 0.6 is 11.6 Å². The lowest BCUT2D eigenvalue weighted by atomic mass is 10.2. The first kappa shape index (κ1) is 14.1. The molecule has 20 heavy (non-hydrogen) atoms. The third kappa shape index (κ3) is 3.16. The van der Waals surface area contributed by atoms with Crippen LogP contribution in [0.2, 0.25) is 5.02 Å². The van der Waals surface area contributed by atoms with E-state index in [-0.39, 0.29) is 5.82 Å². The zero-order chi connectivity index (χ0) is 14.7. The van der Waals surface area contributed by atoms with Gasteiger partial charge in [-0.25, -0.2) is 4.79 Å². The molecule has 0 fully saturated rings. The van der Waals surface area contributed by atoms with Gasteiger partial charge in [0.1, 0.15) is 11.6 Å². The van der Waals surface area contributed by atoms with Gasteiger partial charge in [0.05, 0.1) is 12.1 Å². The number of ether oxygens (including phenoxy) is 1. The van der Waals surface area contributed by atoms with Crippen LogP contribution in [0.25, 0.3) is 0 Å². The van der Waals surface area contributed by atoms with Gasteiger partial charge in [0, 0.05) is 17.3 Å². The van der Waals surface area contributed by atoms with E-state index in [9.17, 15) is 9.59 Å². The highest BCUT2D eigenvalue weighted by Crippen LogP contribution is 2.25. The molecule has 2 rings (SSSR count). The number of nitrogens with zero attached hydrogens (tertiary/aromatic N) is 1. The molecule has 6 nitrogen and oxygen atoms in total. The Morgan fingerprint density at radius 2 is 2.15 bits per heavy atom. The van der Waals surface area contributed by atoms with Crippen LogP contribution in [0.1, 0.15) is 16.1 Å². The van der Waals surface area contributed by atoms with E-state index < -0.39 is 11.6 Å². The SMILES string of the molecule is COc1cc(C(=O)Nc2cc(C)[nH]c(=O)n2)ccc1Cl. The van der Waals surface area contributed by atoms with Crippen LogP contribution < -0.4 is 15.7 Å². The van der Waals surface area contributed by atoms with E-state index >= 15 is 0 Å². The third-order valence-corrected chi connectivity index (χ3v) is 2.85. The molecular formula is C13H12ClN3O3. The Balaban J connectivity index is 2.26. The highest BCUT2D eigenvalue weighted by molar-refractivity contribution is 6.32. The number of halogens is 1. The van der Waals surface area contributed by atoms with Crippen LogP contribution in [0.5, 0.6) is 5.75 Å². The number of carbonyl (C=O) groups excluding carboxylic acids is 1. The summed E-state index contributed by atoms with van der Waals surface area (Å²) in [6.07, 6.45) is 0. The second-order valence-electron chi connectivity index (χ2n) is 4.06. The molecule has 2 N–H and O–H groups in total. The van der Waals surface area contributed by atoms with Gasteiger partial charge in [-0.3, -0.25) is 4.79 Å². The molecular weight excluding hydrogens is 282 g/mol. The van der Waals surface area contributed by atoms with Gasteiger partial charge in [0.25, 0.3) is 5.91 Å². The second-order valence-corrected chi connectivity index (χ2v) is 4.47. The topological polar surface area (TPSA) is 84.1 Å². The van der Waals surface area contributed by atoms with Crippen molar-refractivity contribution in [3.8, 4) is 5.75 Å². The number of methoxy groups -OCH3 is 1. The minimum Gasteiger partial charge on any atom is -0.495 e. The summed E-state index contributed by atoms with van der Waals surface area (Å²) in [5.74, 6) is 0.178. The number of H-pyrrole nitrogens is 1. The summed E-state index contributed by atoms with van der Waals surface area (Å²) in [5, 5.41) is 2.95. The molecule has 104 valence electrons. The van der Waals surface area contributed by atoms with Gasteiger partial charge in [-0.15, -0.1) is 0 Å². The molecule has 0 atom stereocenters. The summed E-state index contributed by atoms with van der Waals surface area (Å²) < 4.78 is 5.04. The van der Waals surface area contributed by atoms with Crippen molar-refractivity contribution in [3.05, 3.63) is 51.0 Å². The highest BCUT2D eigenvalue weighted by atomic mass is 35.5. The fraction of sp³-hybridized carbons (Fsp3) is 0.154. The quantitative estimate of drug-likeness (QED) is 0.906. The predicted molar refractivity (Wildman–Crippen MR) is 75.6 cm³/mol. The van der Waals surface area contributed by atoms with Gasteiger partial charge in [-0.05, 0) is 25.1 Å². The molecule has 0 radical (unpaired) electrons. The Labute approximate surface area is 119 Å². The van der Waals surface area contributed by atoms with Crippen LogP contribution in [0.3, 0.4) is 0 Å². The summed E-state index contributed by atoms with van der Waals surface area (Å²) in [6.45, 7) is 1.70. The molecule has 0 saturated heterocycles. The van der Waals surface area contributed by atoms with Gasteiger partial charge in [0.15, 0.2) is 0 Å². The average Bonchev–Trinajstić information content (AvgIpc) is 2.37. The Hall–Kier alpha value is -2.34. The predicted octanol–water partition coefficient (Wildman–Crippen LogP) is 1.99. The van der Waals surface area contributed by atoms with Crippen LogP contribution in [-0.4, -0.2) is 23.0 Å². The van der Waals surface area contributed by atoms with Gasteiger partial charge < -0.3 is 15.0 Å². The maximum absolute atomic E-state index is 12.1. The molecule has 2 aromatic rings. The lowest BCUT2D eigenvalue weighted by Gasteiger charge is -2.07. The van der Waals surface area contributed by atoms with E-state index in [4.69, 9.17) is 16.3 Å². The number of aryl methyl sites for hydroxylation is 1. The Morgan fingerprint density at radius 3 is 2.80 bits per heavy atom. The van der Waals surface area contributed by atoms with E-state index in [1.54, 1.807) is 25.1 Å². The number of benzene rings is 1. The number of rotatable bonds is 3. The molecule has 0 unspecified atom stereocenters. The minimum atomic E-state index is -0.519. The molecule has 0 aliphatic carbocycles. The van der Waals surface area contributed by atoms with Gasteiger partial charge in [-0.2, -0.15) is 4.98 Å². The molecule has 1 heterocycles. The van der Waals surface area contributed by atoms with E-state index in [2.05, 4.69) is 15.3 Å². The number of aromatic nitrogens is 2. The monoisotopic (exact) mass is 293 g/mol. The van der Waals surface area contributed by atoms with E-state index in [1.807, 2.05) is 0 Å². The lowest BCUT2D eigenvalue weighted by Crippen LogP contribution is -2.18. The van der Waals surface area contributed by atoms with Crippen molar-refractivity contribution in [1.82, 2.24) is 9.97 Å². The first-order chi connectivity index (χ1) is 9.49. The number of hydrogen-bond donors (Lipinski definition) is 2. The van der Waals surface area contributed by atoms with Crippen LogP contribution in [0.4, 0.5) is 5.82 Å². The number of hydrogen-bond acceptors (Lipinski definition) is 4. The van der Waals surface area contributed by atoms with Crippen LogP contribution in [-0.2, 0) is 0 Å². The molecule has 1 amide bonds. The third-order valence-electron chi connectivity index (χ3n) is 2.53. The first-order valence-corrected chi connectivity index (χ1v) is 6.10. The largest absolute Gasteiger partial charge is 0.495 e.